The Bertz CT molecular complexity index is 737. The maximum atomic E-state index is 6.01. The summed E-state index contributed by atoms with van der Waals surface area (Å²) in [6, 6.07) is 18.0. The lowest BCUT2D eigenvalue weighted by molar-refractivity contribution is 0.794. The smallest absolute Gasteiger partial charge is 0.191 e. The summed E-state index contributed by atoms with van der Waals surface area (Å²) in [6.45, 7) is 0. The van der Waals surface area contributed by atoms with E-state index in [1.165, 1.54) is 5.56 Å². The van der Waals surface area contributed by atoms with Crippen molar-refractivity contribution in [3.8, 4) is 11.4 Å². The van der Waals surface area contributed by atoms with E-state index in [1.807, 2.05) is 54.1 Å². The molecule has 4 nitrogen and oxygen atoms in total. The van der Waals surface area contributed by atoms with Crippen LogP contribution in [-0.2, 0) is 12.8 Å². The second-order valence-electron chi connectivity index (χ2n) is 4.73. The molecule has 5 heteroatoms. The molecular weight excluding hydrogens is 280 g/mol. The maximum absolute atomic E-state index is 6.01. The Balaban J connectivity index is 1.82. The molecule has 2 aromatic carbocycles. The number of nitrogen functional groups attached to an aromatic ring is 1. The van der Waals surface area contributed by atoms with Gasteiger partial charge in [0, 0.05) is 24.1 Å². The van der Waals surface area contributed by atoms with E-state index in [9.17, 15) is 0 Å². The van der Waals surface area contributed by atoms with Crippen molar-refractivity contribution in [3.63, 3.8) is 0 Å². The number of rotatable bonds is 4. The van der Waals surface area contributed by atoms with Gasteiger partial charge >= 0.3 is 0 Å². The summed E-state index contributed by atoms with van der Waals surface area (Å²) in [6.07, 6.45) is 0. The monoisotopic (exact) mass is 296 g/mol. The number of hydrogen-bond acceptors (Lipinski definition) is 4. The molecule has 0 saturated heterocycles. The molecule has 1 heterocycles. The number of nitrogens with two attached hydrogens (primary N) is 1. The van der Waals surface area contributed by atoms with Crippen LogP contribution < -0.4 is 5.73 Å². The third kappa shape index (κ3) is 2.92. The number of para-hydroxylation sites is 1. The van der Waals surface area contributed by atoms with Crippen molar-refractivity contribution >= 4 is 17.4 Å². The zero-order valence-corrected chi connectivity index (χ0v) is 12.5. The minimum absolute atomic E-state index is 0.715. The Labute approximate surface area is 128 Å². The first-order valence-electron chi connectivity index (χ1n) is 6.66. The number of aromatic nitrogens is 3. The van der Waals surface area contributed by atoms with Gasteiger partial charge in [-0.05, 0) is 17.7 Å². The lowest BCUT2D eigenvalue weighted by atomic mass is 10.2. The number of thioether (sulfide) groups is 1. The summed E-state index contributed by atoms with van der Waals surface area (Å²) in [5.41, 5.74) is 8.91. The van der Waals surface area contributed by atoms with Crippen LogP contribution in [0.5, 0.6) is 0 Å². The molecule has 3 aromatic rings. The van der Waals surface area contributed by atoms with E-state index < -0.39 is 0 Å². The fourth-order valence-corrected chi connectivity index (χ4v) is 2.96. The molecule has 106 valence electrons. The van der Waals surface area contributed by atoms with Gasteiger partial charge in [-0.25, -0.2) is 0 Å². The van der Waals surface area contributed by atoms with Gasteiger partial charge in [0.05, 0.1) is 0 Å². The van der Waals surface area contributed by atoms with Gasteiger partial charge in [0.25, 0.3) is 0 Å². The van der Waals surface area contributed by atoms with E-state index in [0.29, 0.717) is 5.69 Å². The first-order valence-corrected chi connectivity index (χ1v) is 7.65. The molecule has 0 atom stereocenters. The van der Waals surface area contributed by atoms with Crippen molar-refractivity contribution < 1.29 is 0 Å². The van der Waals surface area contributed by atoms with Crippen LogP contribution in [0.1, 0.15) is 5.56 Å². The van der Waals surface area contributed by atoms with Crippen LogP contribution in [0.4, 0.5) is 5.69 Å². The Morgan fingerprint density at radius 3 is 2.48 bits per heavy atom. The van der Waals surface area contributed by atoms with Crippen molar-refractivity contribution in [2.24, 2.45) is 7.05 Å². The van der Waals surface area contributed by atoms with E-state index in [1.54, 1.807) is 11.8 Å². The lowest BCUT2D eigenvalue weighted by Crippen LogP contribution is -1.98. The molecular formula is C16H16N4S. The van der Waals surface area contributed by atoms with Crippen LogP contribution in [0.15, 0.2) is 59.8 Å². The third-order valence-electron chi connectivity index (χ3n) is 3.25. The zero-order chi connectivity index (χ0) is 14.7. The first kappa shape index (κ1) is 13.7. The predicted octanol–water partition coefficient (Wildman–Crippen LogP) is 3.36. The minimum atomic E-state index is 0.715. The molecule has 0 aliphatic heterocycles. The van der Waals surface area contributed by atoms with Gasteiger partial charge in [0.1, 0.15) is 0 Å². The first-order chi connectivity index (χ1) is 10.3. The van der Waals surface area contributed by atoms with Gasteiger partial charge in [0.15, 0.2) is 11.0 Å². The van der Waals surface area contributed by atoms with E-state index >= 15 is 0 Å². The van der Waals surface area contributed by atoms with Crippen LogP contribution in [0.25, 0.3) is 11.4 Å². The molecule has 3 rings (SSSR count). The fraction of sp³-hybridized carbons (Fsp3) is 0.125. The number of nitrogens with zero attached hydrogens (tertiary/aromatic N) is 3. The van der Waals surface area contributed by atoms with Crippen LogP contribution in [0, 0.1) is 0 Å². The van der Waals surface area contributed by atoms with E-state index in [2.05, 4.69) is 22.3 Å². The van der Waals surface area contributed by atoms with Crippen LogP contribution in [-0.4, -0.2) is 14.8 Å². The summed E-state index contributed by atoms with van der Waals surface area (Å²) in [7, 11) is 1.97. The number of anilines is 1. The van der Waals surface area contributed by atoms with Crippen LogP contribution in [0.2, 0.25) is 0 Å². The molecule has 1 aromatic heterocycles. The molecule has 0 fully saturated rings. The maximum Gasteiger partial charge on any atom is 0.191 e. The van der Waals surface area contributed by atoms with Crippen molar-refractivity contribution in [1.29, 1.82) is 0 Å². The molecule has 0 radical (unpaired) electrons. The second-order valence-corrected chi connectivity index (χ2v) is 5.67. The quantitative estimate of drug-likeness (QED) is 0.592. The summed E-state index contributed by atoms with van der Waals surface area (Å²) >= 11 is 1.67. The van der Waals surface area contributed by atoms with Gasteiger partial charge in [0.2, 0.25) is 0 Å². The molecule has 0 aliphatic carbocycles. The van der Waals surface area contributed by atoms with Crippen LogP contribution in [0.3, 0.4) is 0 Å². The van der Waals surface area contributed by atoms with E-state index in [0.717, 1.165) is 22.3 Å². The normalized spacial score (nSPS) is 10.7. The van der Waals surface area contributed by atoms with Gasteiger partial charge in [-0.3, -0.25) is 0 Å². The Hall–Kier alpha value is -2.27. The second kappa shape index (κ2) is 6.01. The SMILES string of the molecule is Cn1c(SCc2ccccc2)nnc1-c1ccccc1N. The standard InChI is InChI=1S/C16H16N4S/c1-20-15(13-9-5-6-10-14(13)17)18-19-16(20)21-11-12-7-3-2-4-8-12/h2-10H,11,17H2,1H3. The van der Waals surface area contributed by atoms with Crippen molar-refractivity contribution in [3.05, 3.63) is 60.2 Å². The molecule has 0 bridgehead atoms. The minimum Gasteiger partial charge on any atom is -0.398 e. The van der Waals surface area contributed by atoms with Crippen LogP contribution >= 0.6 is 11.8 Å². The van der Waals surface area contributed by atoms with Crippen molar-refractivity contribution in [2.75, 3.05) is 5.73 Å². The Morgan fingerprint density at radius 2 is 1.71 bits per heavy atom. The molecule has 0 aliphatic rings. The highest BCUT2D eigenvalue weighted by Crippen LogP contribution is 2.27. The molecule has 21 heavy (non-hydrogen) atoms. The third-order valence-corrected chi connectivity index (χ3v) is 4.34. The van der Waals surface area contributed by atoms with Gasteiger partial charge in [-0.2, -0.15) is 0 Å². The Kier molecular flexibility index (Phi) is 3.92. The highest BCUT2D eigenvalue weighted by molar-refractivity contribution is 7.98. The fourth-order valence-electron chi connectivity index (χ4n) is 2.10. The molecule has 0 amide bonds. The Morgan fingerprint density at radius 1 is 1.00 bits per heavy atom. The molecule has 2 N–H and O–H groups in total. The number of benzene rings is 2. The van der Waals surface area contributed by atoms with Gasteiger partial charge < -0.3 is 10.3 Å². The van der Waals surface area contributed by atoms with E-state index in [4.69, 9.17) is 5.73 Å². The summed E-state index contributed by atoms with van der Waals surface area (Å²) in [5, 5.41) is 9.43. The highest BCUT2D eigenvalue weighted by atomic mass is 32.2. The average molecular weight is 296 g/mol. The summed E-state index contributed by atoms with van der Waals surface area (Å²) in [4.78, 5) is 0. The molecule has 0 saturated carbocycles. The zero-order valence-electron chi connectivity index (χ0n) is 11.7. The lowest BCUT2D eigenvalue weighted by Gasteiger charge is -2.06. The molecule has 0 spiro atoms. The van der Waals surface area contributed by atoms with Gasteiger partial charge in [-0.1, -0.05) is 54.2 Å². The summed E-state index contributed by atoms with van der Waals surface area (Å²) < 4.78 is 1.99. The predicted molar refractivity (Wildman–Crippen MR) is 86.9 cm³/mol. The largest absolute Gasteiger partial charge is 0.398 e. The number of hydrogen-bond donors (Lipinski definition) is 1. The van der Waals surface area contributed by atoms with Crippen molar-refractivity contribution in [1.82, 2.24) is 14.8 Å². The topological polar surface area (TPSA) is 56.7 Å². The average Bonchev–Trinajstić information content (AvgIpc) is 2.88. The summed E-state index contributed by atoms with van der Waals surface area (Å²) in [5.74, 6) is 1.67. The van der Waals surface area contributed by atoms with Gasteiger partial charge in [-0.15, -0.1) is 10.2 Å². The molecule has 0 unspecified atom stereocenters. The van der Waals surface area contributed by atoms with Crippen molar-refractivity contribution in [2.45, 2.75) is 10.9 Å². The van der Waals surface area contributed by atoms with E-state index in [-0.39, 0.29) is 0 Å². The highest BCUT2D eigenvalue weighted by Gasteiger charge is 2.13.